The zero-order chi connectivity index (χ0) is 14.8. The molecule has 0 saturated carbocycles. The Bertz CT molecular complexity index is 676. The predicted octanol–water partition coefficient (Wildman–Crippen LogP) is 2.93. The van der Waals surface area contributed by atoms with Gasteiger partial charge in [-0.15, -0.1) is 0 Å². The second kappa shape index (κ2) is 5.87. The number of hydrogen-bond acceptors (Lipinski definition) is 5. The van der Waals surface area contributed by atoms with Crippen LogP contribution in [0.5, 0.6) is 5.75 Å². The Labute approximate surface area is 130 Å². The molecular formula is C13H13ClN4O2S. The number of nitrogens with zero attached hydrogens (tertiary/aromatic N) is 3. The van der Waals surface area contributed by atoms with E-state index in [0.29, 0.717) is 35.7 Å². The summed E-state index contributed by atoms with van der Waals surface area (Å²) in [4.78, 5) is 18.1. The van der Waals surface area contributed by atoms with E-state index in [1.165, 1.54) is 0 Å². The van der Waals surface area contributed by atoms with Gasteiger partial charge in [0.25, 0.3) is 0 Å². The van der Waals surface area contributed by atoms with Gasteiger partial charge in [0.05, 0.1) is 13.1 Å². The maximum atomic E-state index is 12.3. The van der Waals surface area contributed by atoms with Crippen LogP contribution in [0.4, 0.5) is 9.93 Å². The molecular weight excluding hydrogens is 312 g/mol. The number of rotatable bonds is 1. The number of amides is 2. The minimum atomic E-state index is -0.220. The van der Waals surface area contributed by atoms with E-state index < -0.39 is 0 Å². The van der Waals surface area contributed by atoms with E-state index in [0.717, 1.165) is 22.8 Å². The second-order valence-corrected chi connectivity index (χ2v) is 5.79. The SMILES string of the molecule is Cc1nsc(NC(=O)N2CCOc3ccc(Cl)cc3C2)n1. The molecule has 110 valence electrons. The molecule has 0 fully saturated rings. The lowest BCUT2D eigenvalue weighted by Crippen LogP contribution is -2.36. The van der Waals surface area contributed by atoms with Crippen LogP contribution >= 0.6 is 23.1 Å². The fourth-order valence-electron chi connectivity index (χ4n) is 2.05. The second-order valence-electron chi connectivity index (χ2n) is 4.60. The van der Waals surface area contributed by atoms with Crippen LogP contribution in [0.25, 0.3) is 0 Å². The molecule has 21 heavy (non-hydrogen) atoms. The van der Waals surface area contributed by atoms with E-state index in [1.807, 2.05) is 12.1 Å². The summed E-state index contributed by atoms with van der Waals surface area (Å²) < 4.78 is 9.67. The third-order valence-electron chi connectivity index (χ3n) is 3.03. The summed E-state index contributed by atoms with van der Waals surface area (Å²) in [7, 11) is 0. The van der Waals surface area contributed by atoms with Gasteiger partial charge in [0, 0.05) is 22.1 Å². The van der Waals surface area contributed by atoms with E-state index >= 15 is 0 Å². The Hall–Kier alpha value is -1.86. The molecule has 0 radical (unpaired) electrons. The number of urea groups is 1. The highest BCUT2D eigenvalue weighted by Gasteiger charge is 2.21. The van der Waals surface area contributed by atoms with Crippen LogP contribution in [0.15, 0.2) is 18.2 Å². The van der Waals surface area contributed by atoms with E-state index in [2.05, 4.69) is 14.7 Å². The average molecular weight is 325 g/mol. The number of anilines is 1. The molecule has 0 spiro atoms. The van der Waals surface area contributed by atoms with Crippen molar-refractivity contribution < 1.29 is 9.53 Å². The van der Waals surface area contributed by atoms with Crippen LogP contribution in [0.3, 0.4) is 0 Å². The molecule has 0 bridgehead atoms. The zero-order valence-electron chi connectivity index (χ0n) is 11.3. The first-order valence-electron chi connectivity index (χ1n) is 6.39. The highest BCUT2D eigenvalue weighted by atomic mass is 35.5. The Morgan fingerprint density at radius 1 is 1.52 bits per heavy atom. The number of fused-ring (bicyclic) bond motifs is 1. The third-order valence-corrected chi connectivity index (χ3v) is 3.99. The molecule has 2 amide bonds. The summed E-state index contributed by atoms with van der Waals surface area (Å²) in [5.41, 5.74) is 0.892. The van der Waals surface area contributed by atoms with Gasteiger partial charge in [0.15, 0.2) is 0 Å². The van der Waals surface area contributed by atoms with Gasteiger partial charge in [-0.05, 0) is 25.1 Å². The quantitative estimate of drug-likeness (QED) is 0.875. The first kappa shape index (κ1) is 14.1. The van der Waals surface area contributed by atoms with Crippen molar-refractivity contribution in [3.05, 3.63) is 34.6 Å². The minimum absolute atomic E-state index is 0.220. The molecule has 3 rings (SSSR count). The molecule has 8 heteroatoms. The van der Waals surface area contributed by atoms with Crippen molar-refractivity contribution in [3.8, 4) is 5.75 Å². The lowest BCUT2D eigenvalue weighted by atomic mass is 10.2. The van der Waals surface area contributed by atoms with Gasteiger partial charge >= 0.3 is 6.03 Å². The molecule has 0 aliphatic carbocycles. The molecule has 0 saturated heterocycles. The summed E-state index contributed by atoms with van der Waals surface area (Å²) in [6.45, 7) is 3.16. The number of halogens is 1. The highest BCUT2D eigenvalue weighted by molar-refractivity contribution is 7.09. The predicted molar refractivity (Wildman–Crippen MR) is 81.0 cm³/mol. The molecule has 2 aromatic rings. The molecule has 0 unspecified atom stereocenters. The van der Waals surface area contributed by atoms with Gasteiger partial charge in [-0.2, -0.15) is 4.37 Å². The normalized spacial score (nSPS) is 14.1. The number of carbonyl (C=O) groups excluding carboxylic acids is 1. The van der Waals surface area contributed by atoms with Gasteiger partial charge in [-0.25, -0.2) is 9.78 Å². The molecule has 6 nitrogen and oxygen atoms in total. The van der Waals surface area contributed by atoms with Crippen molar-refractivity contribution in [2.75, 3.05) is 18.5 Å². The van der Waals surface area contributed by atoms with Gasteiger partial charge in [0.2, 0.25) is 5.13 Å². The molecule has 1 aromatic heterocycles. The molecule has 1 aliphatic heterocycles. The number of carbonyl (C=O) groups is 1. The van der Waals surface area contributed by atoms with Crippen molar-refractivity contribution in [1.29, 1.82) is 0 Å². The number of hydrogen-bond donors (Lipinski definition) is 1. The molecule has 1 N–H and O–H groups in total. The molecule has 2 heterocycles. The van der Waals surface area contributed by atoms with E-state index in [4.69, 9.17) is 16.3 Å². The summed E-state index contributed by atoms with van der Waals surface area (Å²) in [6, 6.07) is 5.20. The van der Waals surface area contributed by atoms with Crippen molar-refractivity contribution in [3.63, 3.8) is 0 Å². The lowest BCUT2D eigenvalue weighted by Gasteiger charge is -2.19. The maximum Gasteiger partial charge on any atom is 0.324 e. The summed E-state index contributed by atoms with van der Waals surface area (Å²) in [5, 5.41) is 3.87. The number of aryl methyl sites for hydroxylation is 1. The van der Waals surface area contributed by atoms with Gasteiger partial charge in [-0.1, -0.05) is 11.6 Å². The monoisotopic (exact) mass is 324 g/mol. The Balaban J connectivity index is 1.75. The molecule has 1 aromatic carbocycles. The standard InChI is InChI=1S/C13H13ClN4O2S/c1-8-15-12(21-17-8)16-13(19)18-4-5-20-11-3-2-10(14)6-9(11)7-18/h2-3,6H,4-5,7H2,1H3,(H,15,16,17,19). The van der Waals surface area contributed by atoms with Gasteiger partial charge < -0.3 is 9.64 Å². The van der Waals surface area contributed by atoms with Gasteiger partial charge in [-0.3, -0.25) is 5.32 Å². The first-order valence-corrected chi connectivity index (χ1v) is 7.54. The van der Waals surface area contributed by atoms with Crippen LogP contribution in [0, 0.1) is 6.92 Å². The van der Waals surface area contributed by atoms with E-state index in [1.54, 1.807) is 17.9 Å². The van der Waals surface area contributed by atoms with E-state index in [9.17, 15) is 4.79 Å². The summed E-state index contributed by atoms with van der Waals surface area (Å²) in [5.74, 6) is 1.41. The van der Waals surface area contributed by atoms with Crippen LogP contribution < -0.4 is 10.1 Å². The fourth-order valence-corrected chi connectivity index (χ4v) is 2.81. The Kier molecular flexibility index (Phi) is 3.94. The highest BCUT2D eigenvalue weighted by Crippen LogP contribution is 2.26. The lowest BCUT2D eigenvalue weighted by molar-refractivity contribution is 0.200. The number of nitrogens with one attached hydrogen (secondary N) is 1. The van der Waals surface area contributed by atoms with E-state index in [-0.39, 0.29) is 6.03 Å². The summed E-state index contributed by atoms with van der Waals surface area (Å²) in [6.07, 6.45) is 0. The topological polar surface area (TPSA) is 67.4 Å². The van der Waals surface area contributed by atoms with Crippen molar-refractivity contribution >= 4 is 34.3 Å². The van der Waals surface area contributed by atoms with Crippen molar-refractivity contribution in [1.82, 2.24) is 14.3 Å². The largest absolute Gasteiger partial charge is 0.491 e. The average Bonchev–Trinajstić information content (AvgIpc) is 2.73. The Morgan fingerprint density at radius 3 is 3.14 bits per heavy atom. The zero-order valence-corrected chi connectivity index (χ0v) is 12.9. The molecule has 0 atom stereocenters. The van der Waals surface area contributed by atoms with Crippen molar-refractivity contribution in [2.45, 2.75) is 13.5 Å². The van der Waals surface area contributed by atoms with Crippen molar-refractivity contribution in [2.24, 2.45) is 0 Å². The fraction of sp³-hybridized carbons (Fsp3) is 0.308. The summed E-state index contributed by atoms with van der Waals surface area (Å²) >= 11 is 7.16. The van der Waals surface area contributed by atoms with Crippen LogP contribution in [-0.4, -0.2) is 33.4 Å². The smallest absolute Gasteiger partial charge is 0.324 e. The number of benzene rings is 1. The van der Waals surface area contributed by atoms with Gasteiger partial charge in [0.1, 0.15) is 18.2 Å². The number of ether oxygens (including phenoxy) is 1. The first-order chi connectivity index (χ1) is 10.1. The minimum Gasteiger partial charge on any atom is -0.491 e. The van der Waals surface area contributed by atoms with Crippen LogP contribution in [0.2, 0.25) is 5.02 Å². The third kappa shape index (κ3) is 3.25. The van der Waals surface area contributed by atoms with Crippen LogP contribution in [0.1, 0.15) is 11.4 Å². The molecule has 1 aliphatic rings. The van der Waals surface area contributed by atoms with Crippen LogP contribution in [-0.2, 0) is 6.54 Å². The number of aromatic nitrogens is 2. The maximum absolute atomic E-state index is 12.3. The Morgan fingerprint density at radius 2 is 2.38 bits per heavy atom.